The third-order valence-electron chi connectivity index (χ3n) is 6.08. The summed E-state index contributed by atoms with van der Waals surface area (Å²) in [7, 11) is 0.521. The van der Waals surface area contributed by atoms with Crippen LogP contribution in [0.2, 0.25) is 5.02 Å². The fourth-order valence-corrected chi connectivity index (χ4v) is 5.94. The first-order valence-corrected chi connectivity index (χ1v) is 11.8. The molecule has 7 nitrogen and oxygen atoms in total. The largest absolute Gasteiger partial charge is 0.383 e. The summed E-state index contributed by atoms with van der Waals surface area (Å²) in [5.41, 5.74) is 3.98. The number of ether oxygens (including phenoxy) is 1. The maximum atomic E-state index is 10.3. The van der Waals surface area contributed by atoms with Crippen LogP contribution in [0.5, 0.6) is 0 Å². The second-order valence-electron chi connectivity index (χ2n) is 7.95. The predicted molar refractivity (Wildman–Crippen MR) is 121 cm³/mol. The molecule has 0 amide bonds. The maximum absolute atomic E-state index is 10.3. The lowest BCUT2D eigenvalue weighted by molar-refractivity contribution is 0.0984. The van der Waals surface area contributed by atoms with Gasteiger partial charge in [0.05, 0.1) is 40.2 Å². The number of halogens is 1. The van der Waals surface area contributed by atoms with Crippen LogP contribution >= 0.6 is 22.4 Å². The van der Waals surface area contributed by atoms with Crippen LogP contribution in [0.4, 0.5) is 11.4 Å². The highest BCUT2D eigenvalue weighted by molar-refractivity contribution is 8.25. The Hall–Kier alpha value is -2.02. The van der Waals surface area contributed by atoms with E-state index in [0.717, 1.165) is 28.1 Å². The summed E-state index contributed by atoms with van der Waals surface area (Å²) in [5.74, 6) is 0.210. The highest BCUT2D eigenvalue weighted by Gasteiger charge is 2.36. The first-order valence-electron chi connectivity index (χ1n) is 9.72. The number of benzene rings is 1. The van der Waals surface area contributed by atoms with E-state index in [0.29, 0.717) is 37.6 Å². The number of fused-ring (bicyclic) bond motifs is 1. The quantitative estimate of drug-likeness (QED) is 0.695. The van der Waals surface area contributed by atoms with Gasteiger partial charge in [-0.3, -0.25) is 18.4 Å². The van der Waals surface area contributed by atoms with Gasteiger partial charge in [-0.2, -0.15) is 5.26 Å². The molecule has 2 N–H and O–H groups in total. The molecule has 4 rings (SSSR count). The van der Waals surface area contributed by atoms with Crippen molar-refractivity contribution in [1.29, 1.82) is 5.26 Å². The van der Waals surface area contributed by atoms with Crippen molar-refractivity contribution in [1.82, 2.24) is 4.98 Å². The summed E-state index contributed by atoms with van der Waals surface area (Å²) < 4.78 is 27.3. The number of piperidine rings is 1. The van der Waals surface area contributed by atoms with Crippen molar-refractivity contribution in [2.45, 2.75) is 18.6 Å². The second kappa shape index (κ2) is 7.91. The van der Waals surface area contributed by atoms with Crippen molar-refractivity contribution < 1.29 is 13.8 Å². The predicted octanol–water partition coefficient (Wildman–Crippen LogP) is 4.77. The van der Waals surface area contributed by atoms with Crippen molar-refractivity contribution in [3.63, 3.8) is 0 Å². The third kappa shape index (κ3) is 3.61. The van der Waals surface area contributed by atoms with E-state index >= 15 is 0 Å². The normalized spacial score (nSPS) is 20.5. The summed E-state index contributed by atoms with van der Waals surface area (Å²) in [6.07, 6.45) is 4.83. The van der Waals surface area contributed by atoms with Gasteiger partial charge in [0.25, 0.3) is 0 Å². The Labute approximate surface area is 183 Å². The van der Waals surface area contributed by atoms with Gasteiger partial charge >= 0.3 is 0 Å². The van der Waals surface area contributed by atoms with Gasteiger partial charge in [-0.25, -0.2) is 0 Å². The van der Waals surface area contributed by atoms with Gasteiger partial charge < -0.3 is 9.64 Å². The molecule has 1 saturated heterocycles. The average Bonchev–Trinajstić information content (AvgIpc) is 2.96. The molecule has 1 aromatic carbocycles. The Kier molecular flexibility index (Phi) is 5.60. The molecule has 2 aliphatic rings. The first kappa shape index (κ1) is 21.2. The van der Waals surface area contributed by atoms with Crippen LogP contribution in [0.3, 0.4) is 0 Å². The smallest absolute Gasteiger partial charge is 0.0849 e. The molecule has 160 valence electrons. The fourth-order valence-electron chi connectivity index (χ4n) is 4.32. The number of nitrogens with zero attached hydrogens (tertiary/aromatic N) is 4. The van der Waals surface area contributed by atoms with Gasteiger partial charge in [0.1, 0.15) is 0 Å². The van der Waals surface area contributed by atoms with E-state index in [1.54, 1.807) is 30.9 Å². The molecule has 1 fully saturated rings. The molecule has 9 heteroatoms. The Morgan fingerprint density at radius 2 is 2.03 bits per heavy atom. The van der Waals surface area contributed by atoms with Crippen LogP contribution in [-0.2, 0) is 10.5 Å². The topological polar surface area (TPSA) is 92.8 Å². The number of hydrogen-bond donors (Lipinski definition) is 2. The van der Waals surface area contributed by atoms with Gasteiger partial charge in [0, 0.05) is 45.2 Å². The van der Waals surface area contributed by atoms with E-state index in [1.165, 1.54) is 0 Å². The van der Waals surface area contributed by atoms with Crippen LogP contribution in [0.15, 0.2) is 30.6 Å². The zero-order chi connectivity index (χ0) is 21.5. The Bertz CT molecular complexity index is 1000. The second-order valence-corrected chi connectivity index (χ2v) is 10.5. The molecule has 0 aliphatic carbocycles. The summed E-state index contributed by atoms with van der Waals surface area (Å²) >= 11 is 6.59. The van der Waals surface area contributed by atoms with E-state index in [1.807, 2.05) is 18.2 Å². The van der Waals surface area contributed by atoms with Crippen LogP contribution in [0.1, 0.15) is 18.4 Å². The summed E-state index contributed by atoms with van der Waals surface area (Å²) in [5, 5.41) is 10.2. The summed E-state index contributed by atoms with van der Waals surface area (Å²) in [6, 6.07) is 8.30. The number of aromatic nitrogens is 1. The lowest BCUT2D eigenvalue weighted by Gasteiger charge is -2.39. The SMILES string of the molecule is COCC1(C#N)CCN(c2c(Cl)cncc2-c2ccc3c(c2)CS(O)(O)N3C)CC1. The van der Waals surface area contributed by atoms with Gasteiger partial charge in [0.2, 0.25) is 0 Å². The minimum Gasteiger partial charge on any atom is -0.383 e. The first-order chi connectivity index (χ1) is 14.3. The van der Waals surface area contributed by atoms with Crippen molar-refractivity contribution in [2.75, 3.05) is 43.1 Å². The monoisotopic (exact) mass is 448 g/mol. The molecule has 1 aromatic heterocycles. The van der Waals surface area contributed by atoms with Gasteiger partial charge in [-0.05, 0) is 36.1 Å². The Morgan fingerprint density at radius 1 is 1.30 bits per heavy atom. The molecule has 3 heterocycles. The van der Waals surface area contributed by atoms with Crippen molar-refractivity contribution in [3.05, 3.63) is 41.2 Å². The van der Waals surface area contributed by atoms with Crippen molar-refractivity contribution >= 4 is 33.8 Å². The van der Waals surface area contributed by atoms with Crippen LogP contribution < -0.4 is 9.21 Å². The third-order valence-corrected chi connectivity index (χ3v) is 8.13. The Balaban J connectivity index is 1.67. The van der Waals surface area contributed by atoms with Gasteiger partial charge in [-0.15, -0.1) is 10.8 Å². The number of nitriles is 1. The molecule has 0 unspecified atom stereocenters. The van der Waals surface area contributed by atoms with Crippen LogP contribution in [0.25, 0.3) is 11.1 Å². The van der Waals surface area contributed by atoms with Gasteiger partial charge in [0.15, 0.2) is 0 Å². The molecule has 0 spiro atoms. The van der Waals surface area contributed by atoms with Crippen molar-refractivity contribution in [3.8, 4) is 17.2 Å². The lowest BCUT2D eigenvalue weighted by Crippen LogP contribution is -2.42. The molecular weight excluding hydrogens is 424 g/mol. The molecule has 2 aromatic rings. The van der Waals surface area contributed by atoms with Crippen molar-refractivity contribution in [2.24, 2.45) is 5.41 Å². The molecular formula is C21H25ClN4O3S. The maximum Gasteiger partial charge on any atom is 0.0849 e. The molecule has 0 atom stereocenters. The molecule has 2 aliphatic heterocycles. The number of hydrogen-bond acceptors (Lipinski definition) is 7. The number of methoxy groups -OCH3 is 1. The molecule has 0 bridgehead atoms. The molecule has 0 saturated carbocycles. The minimum absolute atomic E-state index is 0.210. The van der Waals surface area contributed by atoms with Gasteiger partial charge in [-0.1, -0.05) is 17.7 Å². The van der Waals surface area contributed by atoms with Crippen LogP contribution in [0, 0.1) is 16.7 Å². The molecule has 30 heavy (non-hydrogen) atoms. The zero-order valence-electron chi connectivity index (χ0n) is 17.0. The highest BCUT2D eigenvalue weighted by atomic mass is 35.5. The standard InChI is InChI=1S/C21H25ClN4O3S/c1-25-19-4-3-15(9-16(19)12-30(25,27)28)17-10-24-11-18(22)20(17)26-7-5-21(13-23,6-8-26)14-29-2/h3-4,9-11,27-28H,5-8,12,14H2,1-2H3. The number of pyridine rings is 1. The summed E-state index contributed by atoms with van der Waals surface area (Å²) in [6.45, 7) is 1.82. The van der Waals surface area contributed by atoms with E-state index in [-0.39, 0.29) is 5.75 Å². The highest BCUT2D eigenvalue weighted by Crippen LogP contribution is 2.56. The Morgan fingerprint density at radius 3 is 2.70 bits per heavy atom. The van der Waals surface area contributed by atoms with E-state index in [2.05, 4.69) is 16.0 Å². The molecule has 0 radical (unpaired) electrons. The lowest BCUT2D eigenvalue weighted by atomic mass is 9.80. The van der Waals surface area contributed by atoms with Crippen LogP contribution in [-0.4, -0.2) is 47.9 Å². The zero-order valence-corrected chi connectivity index (χ0v) is 18.6. The number of anilines is 2. The minimum atomic E-state index is -2.80. The van der Waals surface area contributed by atoms with E-state index < -0.39 is 16.2 Å². The summed E-state index contributed by atoms with van der Waals surface area (Å²) in [4.78, 5) is 6.50. The van der Waals surface area contributed by atoms with E-state index in [4.69, 9.17) is 16.3 Å². The average molecular weight is 449 g/mol. The van der Waals surface area contributed by atoms with E-state index in [9.17, 15) is 14.4 Å². The number of rotatable bonds is 4. The fraction of sp³-hybridized carbons (Fsp3) is 0.429.